The van der Waals surface area contributed by atoms with Gasteiger partial charge < -0.3 is 23.7 Å². The minimum atomic E-state index is -0.473. The lowest BCUT2D eigenvalue weighted by atomic mass is 10.1. The maximum Gasteiger partial charge on any atom is 0.306 e. The molecule has 8 heteroatoms. The van der Waals surface area contributed by atoms with Crippen LogP contribution < -0.4 is 18.9 Å². The molecule has 2 aliphatic heterocycles. The number of esters is 1. The molecule has 7 nitrogen and oxygen atoms in total. The first-order valence-electron chi connectivity index (χ1n) is 8.76. The van der Waals surface area contributed by atoms with Gasteiger partial charge in [-0.05, 0) is 35.9 Å². The minimum absolute atomic E-state index is 0.0223. The Morgan fingerprint density at radius 2 is 1.75 bits per heavy atom. The highest BCUT2D eigenvalue weighted by atomic mass is 35.5. The van der Waals surface area contributed by atoms with Crippen molar-refractivity contribution in [2.45, 2.75) is 19.4 Å². The molecule has 0 unspecified atom stereocenters. The number of ketones is 1. The van der Waals surface area contributed by atoms with Crippen LogP contribution in [0.4, 0.5) is 0 Å². The van der Waals surface area contributed by atoms with Gasteiger partial charge >= 0.3 is 5.97 Å². The average molecular weight is 405 g/mol. The Labute approximate surface area is 166 Å². The first-order chi connectivity index (χ1) is 13.6. The van der Waals surface area contributed by atoms with E-state index in [0.29, 0.717) is 52.4 Å². The Morgan fingerprint density at radius 3 is 2.61 bits per heavy atom. The van der Waals surface area contributed by atoms with Crippen LogP contribution in [0.1, 0.15) is 28.8 Å². The summed E-state index contributed by atoms with van der Waals surface area (Å²) in [6.45, 7) is 1.08. The summed E-state index contributed by atoms with van der Waals surface area (Å²) in [5.74, 6) is 1.53. The van der Waals surface area contributed by atoms with Gasteiger partial charge in [0, 0.05) is 12.0 Å². The quantitative estimate of drug-likeness (QED) is 0.538. The molecule has 28 heavy (non-hydrogen) atoms. The number of rotatable bonds is 6. The monoisotopic (exact) mass is 404 g/mol. The molecule has 0 fully saturated rings. The van der Waals surface area contributed by atoms with Crippen molar-refractivity contribution in [3.63, 3.8) is 0 Å². The summed E-state index contributed by atoms with van der Waals surface area (Å²) in [4.78, 5) is 24.3. The highest BCUT2D eigenvalue weighted by Gasteiger charge is 2.19. The Hall–Kier alpha value is -2.93. The second kappa shape index (κ2) is 7.98. The zero-order valence-corrected chi connectivity index (χ0v) is 15.6. The van der Waals surface area contributed by atoms with Crippen molar-refractivity contribution in [1.82, 2.24) is 0 Å². The Morgan fingerprint density at radius 1 is 0.929 bits per heavy atom. The van der Waals surface area contributed by atoms with Crippen molar-refractivity contribution in [3.05, 3.63) is 46.5 Å². The van der Waals surface area contributed by atoms with Gasteiger partial charge in [-0.15, -0.1) is 0 Å². The highest BCUT2D eigenvalue weighted by molar-refractivity contribution is 6.32. The van der Waals surface area contributed by atoms with Crippen LogP contribution in [0.15, 0.2) is 30.3 Å². The molecule has 0 N–H and O–H groups in total. The van der Waals surface area contributed by atoms with Crippen LogP contribution in [0.25, 0.3) is 0 Å². The van der Waals surface area contributed by atoms with Gasteiger partial charge in [0.1, 0.15) is 19.8 Å². The molecule has 0 radical (unpaired) electrons. The van der Waals surface area contributed by atoms with Gasteiger partial charge in [-0.3, -0.25) is 9.59 Å². The Kier molecular flexibility index (Phi) is 5.25. The van der Waals surface area contributed by atoms with Crippen LogP contribution in [0.5, 0.6) is 23.0 Å². The summed E-state index contributed by atoms with van der Waals surface area (Å²) in [6, 6.07) is 8.36. The van der Waals surface area contributed by atoms with Crippen LogP contribution in [0.3, 0.4) is 0 Å². The zero-order valence-electron chi connectivity index (χ0n) is 14.9. The standard InChI is InChI=1S/C20H17ClO7/c21-14-7-12(8-18-20(14)28-11-27-18)10-26-19(23)4-2-15(22)13-1-3-16-17(9-13)25-6-5-24-16/h1,3,7-9H,2,4-6,10-11H2. The highest BCUT2D eigenvalue weighted by Crippen LogP contribution is 2.40. The van der Waals surface area contributed by atoms with E-state index in [4.69, 9.17) is 35.3 Å². The summed E-state index contributed by atoms with van der Waals surface area (Å²) in [5.41, 5.74) is 1.15. The second-order valence-electron chi connectivity index (χ2n) is 6.25. The molecule has 0 aromatic heterocycles. The predicted octanol–water partition coefficient (Wildman–Crippen LogP) is 3.55. The predicted molar refractivity (Wildman–Crippen MR) is 98.4 cm³/mol. The number of hydrogen-bond acceptors (Lipinski definition) is 7. The molecule has 0 bridgehead atoms. The number of fused-ring (bicyclic) bond motifs is 2. The SMILES string of the molecule is O=C(CCC(=O)c1ccc2c(c1)OCCO2)OCc1cc(Cl)c2c(c1)OCO2. The van der Waals surface area contributed by atoms with Crippen LogP contribution in [-0.4, -0.2) is 31.8 Å². The van der Waals surface area contributed by atoms with Crippen molar-refractivity contribution in [1.29, 1.82) is 0 Å². The number of benzene rings is 2. The fourth-order valence-corrected chi connectivity index (χ4v) is 3.20. The molecular weight excluding hydrogens is 388 g/mol. The number of ether oxygens (including phenoxy) is 5. The lowest BCUT2D eigenvalue weighted by Crippen LogP contribution is -2.16. The number of halogens is 1. The van der Waals surface area contributed by atoms with Crippen LogP contribution >= 0.6 is 11.6 Å². The van der Waals surface area contributed by atoms with Gasteiger partial charge in [0.25, 0.3) is 0 Å². The number of hydrogen-bond donors (Lipinski definition) is 0. The maximum absolute atomic E-state index is 12.3. The van der Waals surface area contributed by atoms with E-state index in [0.717, 1.165) is 0 Å². The van der Waals surface area contributed by atoms with Gasteiger partial charge in [0.2, 0.25) is 6.79 Å². The molecule has 0 aliphatic carbocycles. The number of carbonyl (C=O) groups is 2. The molecular formula is C20H17ClO7. The van der Waals surface area contributed by atoms with E-state index in [1.165, 1.54) is 0 Å². The van der Waals surface area contributed by atoms with E-state index in [9.17, 15) is 9.59 Å². The van der Waals surface area contributed by atoms with Crippen LogP contribution in [0.2, 0.25) is 5.02 Å². The van der Waals surface area contributed by atoms with E-state index in [2.05, 4.69) is 0 Å². The molecule has 146 valence electrons. The van der Waals surface area contributed by atoms with Crippen molar-refractivity contribution in [2.75, 3.05) is 20.0 Å². The summed E-state index contributed by atoms with van der Waals surface area (Å²) in [6.07, 6.45) is 0.0198. The second-order valence-corrected chi connectivity index (χ2v) is 6.66. The molecule has 0 saturated heterocycles. The largest absolute Gasteiger partial charge is 0.486 e. The Bertz CT molecular complexity index is 925. The molecule has 0 amide bonds. The topological polar surface area (TPSA) is 80.3 Å². The smallest absolute Gasteiger partial charge is 0.306 e. The lowest BCUT2D eigenvalue weighted by Gasteiger charge is -2.18. The van der Waals surface area contributed by atoms with E-state index in [1.807, 2.05) is 0 Å². The van der Waals surface area contributed by atoms with E-state index in [-0.39, 0.29) is 32.0 Å². The van der Waals surface area contributed by atoms with E-state index in [1.54, 1.807) is 30.3 Å². The number of carbonyl (C=O) groups excluding carboxylic acids is 2. The van der Waals surface area contributed by atoms with E-state index >= 15 is 0 Å². The average Bonchev–Trinajstić information content (AvgIpc) is 3.19. The normalized spacial score (nSPS) is 13.9. The fraction of sp³-hybridized carbons (Fsp3) is 0.300. The molecule has 0 atom stereocenters. The molecule has 4 rings (SSSR count). The summed E-state index contributed by atoms with van der Waals surface area (Å²) in [5, 5.41) is 0.398. The zero-order chi connectivity index (χ0) is 19.5. The summed E-state index contributed by atoms with van der Waals surface area (Å²) < 4.78 is 26.6. The lowest BCUT2D eigenvalue weighted by molar-refractivity contribution is -0.144. The summed E-state index contributed by atoms with van der Waals surface area (Å²) >= 11 is 6.10. The van der Waals surface area contributed by atoms with Gasteiger partial charge in [0.05, 0.1) is 11.4 Å². The minimum Gasteiger partial charge on any atom is -0.486 e. The van der Waals surface area contributed by atoms with Gasteiger partial charge in [-0.25, -0.2) is 0 Å². The van der Waals surface area contributed by atoms with Crippen molar-refractivity contribution in [3.8, 4) is 23.0 Å². The van der Waals surface area contributed by atoms with Gasteiger partial charge in [0.15, 0.2) is 28.8 Å². The Balaban J connectivity index is 1.29. The van der Waals surface area contributed by atoms with Gasteiger partial charge in [-0.2, -0.15) is 0 Å². The first kappa shape index (κ1) is 18.4. The molecule has 0 spiro atoms. The van der Waals surface area contributed by atoms with Crippen molar-refractivity contribution in [2.24, 2.45) is 0 Å². The maximum atomic E-state index is 12.3. The van der Waals surface area contributed by atoms with Gasteiger partial charge in [-0.1, -0.05) is 11.6 Å². The third-order valence-corrected chi connectivity index (χ3v) is 4.59. The van der Waals surface area contributed by atoms with Crippen LogP contribution in [-0.2, 0) is 16.1 Å². The summed E-state index contributed by atoms with van der Waals surface area (Å²) in [7, 11) is 0. The molecule has 2 aliphatic rings. The molecule has 2 heterocycles. The fourth-order valence-electron chi connectivity index (χ4n) is 2.92. The van der Waals surface area contributed by atoms with Crippen LogP contribution in [0, 0.1) is 0 Å². The first-order valence-corrected chi connectivity index (χ1v) is 9.14. The number of Topliss-reactive ketones (excluding diaryl/α,β-unsaturated/α-hetero) is 1. The third kappa shape index (κ3) is 3.99. The molecule has 0 saturated carbocycles. The molecule has 2 aromatic carbocycles. The molecule has 2 aromatic rings. The van der Waals surface area contributed by atoms with Crippen molar-refractivity contribution < 1.29 is 33.3 Å². The van der Waals surface area contributed by atoms with E-state index < -0.39 is 5.97 Å². The third-order valence-electron chi connectivity index (χ3n) is 4.31. The van der Waals surface area contributed by atoms with Crippen molar-refractivity contribution >= 4 is 23.4 Å².